The molecule has 4 nitrogen and oxygen atoms in total. The van der Waals surface area contributed by atoms with Crippen molar-refractivity contribution in [2.75, 3.05) is 0 Å². The number of benzene rings is 7. The maximum absolute atomic E-state index is 6.47. The SMILES string of the molecule is c1ccc(-c2nc(-c3cccc4oc5ccc(-c6ccc7c(c6)sc6ccccc67)cc5c34)nc(-c3cccc4sc5ccccc5c34)n2)cc1. The number of thiophene rings is 2. The molecule has 0 fully saturated rings. The summed E-state index contributed by atoms with van der Waals surface area (Å²) >= 11 is 3.63. The first-order chi connectivity index (χ1) is 25.2. The second-order valence-electron chi connectivity index (χ2n) is 12.8. The van der Waals surface area contributed by atoms with Gasteiger partial charge in [-0.15, -0.1) is 22.7 Å². The van der Waals surface area contributed by atoms with E-state index in [2.05, 4.69) is 121 Å². The Bertz CT molecular complexity index is 3160. The van der Waals surface area contributed by atoms with Crippen molar-refractivity contribution in [2.45, 2.75) is 0 Å². The summed E-state index contributed by atoms with van der Waals surface area (Å²) < 4.78 is 11.5. The number of hydrogen-bond acceptors (Lipinski definition) is 6. The normalized spacial score (nSPS) is 11.9. The lowest BCUT2D eigenvalue weighted by atomic mass is 9.99. The monoisotopic (exact) mass is 687 g/mol. The molecule has 0 unspecified atom stereocenters. The van der Waals surface area contributed by atoms with Gasteiger partial charge >= 0.3 is 0 Å². The third-order valence-corrected chi connectivity index (χ3v) is 12.0. The molecule has 0 saturated heterocycles. The molecular weight excluding hydrogens is 663 g/mol. The zero-order valence-corrected chi connectivity index (χ0v) is 28.6. The van der Waals surface area contributed by atoms with E-state index >= 15 is 0 Å². The number of furan rings is 1. The average molecular weight is 688 g/mol. The van der Waals surface area contributed by atoms with Crippen LogP contribution in [0, 0.1) is 0 Å². The third kappa shape index (κ3) is 4.54. The first-order valence-electron chi connectivity index (χ1n) is 16.8. The number of rotatable bonds is 4. The first kappa shape index (κ1) is 28.6. The van der Waals surface area contributed by atoms with Crippen molar-refractivity contribution in [1.29, 1.82) is 0 Å². The van der Waals surface area contributed by atoms with Crippen LogP contribution in [-0.4, -0.2) is 15.0 Å². The summed E-state index contributed by atoms with van der Waals surface area (Å²) in [5, 5.41) is 7.00. The fourth-order valence-corrected chi connectivity index (χ4v) is 9.67. The van der Waals surface area contributed by atoms with Crippen molar-refractivity contribution in [3.05, 3.63) is 152 Å². The molecule has 0 amide bonds. The Kier molecular flexibility index (Phi) is 6.26. The topological polar surface area (TPSA) is 51.8 Å². The van der Waals surface area contributed by atoms with Crippen LogP contribution in [0.3, 0.4) is 0 Å². The molecule has 6 heteroatoms. The van der Waals surface area contributed by atoms with Crippen LogP contribution in [0.25, 0.3) is 108 Å². The summed E-state index contributed by atoms with van der Waals surface area (Å²) in [4.78, 5) is 15.5. The molecular formula is C45H25N3OS2. The summed E-state index contributed by atoms with van der Waals surface area (Å²) in [6.45, 7) is 0. The molecule has 11 aromatic rings. The Labute approximate surface area is 299 Å². The molecule has 4 aromatic heterocycles. The van der Waals surface area contributed by atoms with Gasteiger partial charge in [0, 0.05) is 67.8 Å². The second kappa shape index (κ2) is 11.2. The van der Waals surface area contributed by atoms with Crippen LogP contribution in [0.5, 0.6) is 0 Å². The molecule has 238 valence electrons. The highest BCUT2D eigenvalue weighted by Crippen LogP contribution is 2.42. The first-order valence-corrected chi connectivity index (χ1v) is 18.5. The van der Waals surface area contributed by atoms with Gasteiger partial charge in [-0.3, -0.25) is 0 Å². The fraction of sp³-hybridized carbons (Fsp3) is 0. The molecule has 0 N–H and O–H groups in total. The van der Waals surface area contributed by atoms with Crippen molar-refractivity contribution >= 4 is 85.0 Å². The van der Waals surface area contributed by atoms with Crippen molar-refractivity contribution in [3.8, 4) is 45.3 Å². The lowest BCUT2D eigenvalue weighted by Crippen LogP contribution is -2.00. The predicted molar refractivity (Wildman–Crippen MR) is 215 cm³/mol. The van der Waals surface area contributed by atoms with E-state index in [0.29, 0.717) is 17.5 Å². The van der Waals surface area contributed by atoms with E-state index in [-0.39, 0.29) is 0 Å². The largest absolute Gasteiger partial charge is 0.456 e. The summed E-state index contributed by atoms with van der Waals surface area (Å²) in [7, 11) is 0. The van der Waals surface area contributed by atoms with Gasteiger partial charge in [0.25, 0.3) is 0 Å². The van der Waals surface area contributed by atoms with Gasteiger partial charge in [-0.25, -0.2) is 15.0 Å². The Morgan fingerprint density at radius 2 is 0.961 bits per heavy atom. The second-order valence-corrected chi connectivity index (χ2v) is 14.9. The van der Waals surface area contributed by atoms with Crippen LogP contribution in [-0.2, 0) is 0 Å². The molecule has 0 aliphatic rings. The minimum Gasteiger partial charge on any atom is -0.456 e. The Hall–Kier alpha value is -6.21. The van der Waals surface area contributed by atoms with E-state index < -0.39 is 0 Å². The van der Waals surface area contributed by atoms with Crippen LogP contribution in [0.15, 0.2) is 156 Å². The van der Waals surface area contributed by atoms with Crippen molar-refractivity contribution in [1.82, 2.24) is 15.0 Å². The van der Waals surface area contributed by atoms with Gasteiger partial charge in [0.15, 0.2) is 17.5 Å². The minimum absolute atomic E-state index is 0.612. The molecule has 0 saturated carbocycles. The van der Waals surface area contributed by atoms with Gasteiger partial charge in [-0.05, 0) is 53.6 Å². The molecule has 0 aliphatic heterocycles. The number of nitrogens with zero attached hydrogens (tertiary/aromatic N) is 3. The van der Waals surface area contributed by atoms with Gasteiger partial charge in [0.05, 0.1) is 0 Å². The number of fused-ring (bicyclic) bond motifs is 9. The summed E-state index contributed by atoms with van der Waals surface area (Å²) in [5.41, 5.74) is 6.78. The quantitative estimate of drug-likeness (QED) is 0.185. The van der Waals surface area contributed by atoms with Crippen LogP contribution < -0.4 is 0 Å². The fourth-order valence-electron chi connectivity index (χ4n) is 7.39. The third-order valence-electron chi connectivity index (χ3n) is 9.76. The maximum Gasteiger partial charge on any atom is 0.164 e. The highest BCUT2D eigenvalue weighted by atomic mass is 32.1. The predicted octanol–water partition coefficient (Wildman–Crippen LogP) is 13.2. The number of aromatic nitrogens is 3. The Morgan fingerprint density at radius 3 is 1.80 bits per heavy atom. The van der Waals surface area contributed by atoms with E-state index in [4.69, 9.17) is 19.4 Å². The van der Waals surface area contributed by atoms with E-state index in [1.807, 2.05) is 41.7 Å². The highest BCUT2D eigenvalue weighted by molar-refractivity contribution is 7.26. The van der Waals surface area contributed by atoms with Crippen LogP contribution in [0.1, 0.15) is 0 Å². The molecule has 7 aromatic carbocycles. The van der Waals surface area contributed by atoms with E-state index in [1.54, 1.807) is 11.3 Å². The summed E-state index contributed by atoms with van der Waals surface area (Å²) in [6.07, 6.45) is 0. The van der Waals surface area contributed by atoms with Crippen LogP contribution >= 0.6 is 22.7 Å². The molecule has 51 heavy (non-hydrogen) atoms. The van der Waals surface area contributed by atoms with E-state index in [9.17, 15) is 0 Å². The lowest BCUT2D eigenvalue weighted by Gasteiger charge is -2.10. The van der Waals surface area contributed by atoms with E-state index in [0.717, 1.165) is 44.2 Å². The van der Waals surface area contributed by atoms with Gasteiger partial charge in [0.2, 0.25) is 0 Å². The van der Waals surface area contributed by atoms with Gasteiger partial charge in [0.1, 0.15) is 11.2 Å². The molecule has 0 bridgehead atoms. The highest BCUT2D eigenvalue weighted by Gasteiger charge is 2.20. The minimum atomic E-state index is 0.612. The molecule has 11 rings (SSSR count). The zero-order chi connectivity index (χ0) is 33.5. The molecule has 0 spiro atoms. The zero-order valence-electron chi connectivity index (χ0n) is 27.0. The lowest BCUT2D eigenvalue weighted by molar-refractivity contribution is 0.669. The molecule has 0 atom stereocenters. The Balaban J connectivity index is 1.13. The maximum atomic E-state index is 6.47. The van der Waals surface area contributed by atoms with Crippen molar-refractivity contribution in [2.24, 2.45) is 0 Å². The molecule has 0 radical (unpaired) electrons. The van der Waals surface area contributed by atoms with Gasteiger partial charge < -0.3 is 4.42 Å². The standard InChI is InChI=1S/C45H25N3OS2/c1-2-10-26(11-3-1)43-46-44(48-45(47-43)33-15-9-19-39-42(33)31-13-5-7-18-38(31)50-39)32-14-8-16-36-41(32)34-24-27(21-23-35(34)49-36)28-20-22-30-29-12-4-6-17-37(29)51-40(30)25-28/h1-25H. The van der Waals surface area contributed by atoms with Gasteiger partial charge in [-0.2, -0.15) is 0 Å². The average Bonchev–Trinajstić information content (AvgIpc) is 3.88. The van der Waals surface area contributed by atoms with Gasteiger partial charge in [-0.1, -0.05) is 109 Å². The van der Waals surface area contributed by atoms with Crippen LogP contribution in [0.4, 0.5) is 0 Å². The molecule has 4 heterocycles. The Morgan fingerprint density at radius 1 is 0.353 bits per heavy atom. The van der Waals surface area contributed by atoms with Crippen molar-refractivity contribution in [3.63, 3.8) is 0 Å². The summed E-state index contributed by atoms with van der Waals surface area (Å²) in [5.74, 6) is 1.89. The van der Waals surface area contributed by atoms with Crippen molar-refractivity contribution < 1.29 is 4.42 Å². The number of hydrogen-bond donors (Lipinski definition) is 0. The van der Waals surface area contributed by atoms with E-state index in [1.165, 1.54) is 45.9 Å². The van der Waals surface area contributed by atoms with Crippen LogP contribution in [0.2, 0.25) is 0 Å². The smallest absolute Gasteiger partial charge is 0.164 e. The summed E-state index contributed by atoms with van der Waals surface area (Å²) in [6, 6.07) is 53.2. The molecule has 0 aliphatic carbocycles.